The number of likely N-dealkylation sites (tertiary alicyclic amines) is 1. The number of hydrogen-bond donors (Lipinski definition) is 2. The van der Waals surface area contributed by atoms with Crippen LogP contribution in [0.4, 0.5) is 11.5 Å². The maximum Gasteiger partial charge on any atom is 0.330 e. The molecule has 0 bridgehead atoms. The summed E-state index contributed by atoms with van der Waals surface area (Å²) in [7, 11) is 0. The molecule has 1 saturated heterocycles. The number of aromatic amines is 1. The lowest BCUT2D eigenvalue weighted by Gasteiger charge is -2.31. The normalized spacial score (nSPS) is 21.1. The Balaban J connectivity index is 2.03. The van der Waals surface area contributed by atoms with Gasteiger partial charge < -0.3 is 10.6 Å². The van der Waals surface area contributed by atoms with E-state index in [4.69, 9.17) is 5.73 Å². The fraction of sp³-hybridized carbons (Fsp3) is 0.609. The number of carbonyl (C=O) groups is 3. The number of nitrogen functional groups attached to an aromatic ring is 1. The van der Waals surface area contributed by atoms with E-state index in [1.54, 1.807) is 0 Å². The van der Waals surface area contributed by atoms with Crippen LogP contribution >= 0.6 is 0 Å². The van der Waals surface area contributed by atoms with Gasteiger partial charge in [-0.3, -0.25) is 33.6 Å². The van der Waals surface area contributed by atoms with Crippen molar-refractivity contribution in [2.75, 3.05) is 17.2 Å². The Kier molecular flexibility index (Phi) is 6.94. The number of carbonyl (C=O) groups excluding carboxylic acids is 3. The number of rotatable bonds is 7. The molecule has 3 amide bonds. The third-order valence-electron chi connectivity index (χ3n) is 6.13. The van der Waals surface area contributed by atoms with Crippen LogP contribution in [0.15, 0.2) is 21.7 Å². The van der Waals surface area contributed by atoms with Gasteiger partial charge in [0.2, 0.25) is 17.7 Å². The second kappa shape index (κ2) is 9.36. The van der Waals surface area contributed by atoms with Crippen LogP contribution in [0.3, 0.4) is 0 Å². The number of nitrogens with one attached hydrogen (secondary N) is 1. The Labute approximate surface area is 192 Å². The van der Waals surface area contributed by atoms with Crippen molar-refractivity contribution < 1.29 is 14.4 Å². The molecule has 1 aromatic rings. The minimum Gasteiger partial charge on any atom is -0.383 e. The molecule has 33 heavy (non-hydrogen) atoms. The van der Waals surface area contributed by atoms with Crippen LogP contribution in [0.5, 0.6) is 0 Å². The summed E-state index contributed by atoms with van der Waals surface area (Å²) >= 11 is 0. The van der Waals surface area contributed by atoms with E-state index in [0.29, 0.717) is 12.8 Å². The molecule has 0 radical (unpaired) electrons. The van der Waals surface area contributed by atoms with E-state index >= 15 is 0 Å². The van der Waals surface area contributed by atoms with E-state index < -0.39 is 35.0 Å². The van der Waals surface area contributed by atoms with Crippen molar-refractivity contribution in [1.29, 1.82) is 0 Å². The van der Waals surface area contributed by atoms with Gasteiger partial charge in [0.25, 0.3) is 5.56 Å². The molecule has 10 nitrogen and oxygen atoms in total. The fourth-order valence-electron chi connectivity index (χ4n) is 4.58. The monoisotopic (exact) mass is 459 g/mol. The van der Waals surface area contributed by atoms with E-state index in [1.165, 1.54) is 16.4 Å². The summed E-state index contributed by atoms with van der Waals surface area (Å²) < 4.78 is 1.24. The number of fused-ring (bicyclic) bond motifs is 1. The SMILES string of the molecule is CC(C)CN(C(=O)[C@H](C)N1C(=O)[C@H]2CC=CC[C@H]2C1=O)c1c(N)n(CC(C)C)c(=O)[nH]c1=O. The first-order chi connectivity index (χ1) is 15.5. The smallest absolute Gasteiger partial charge is 0.330 e. The molecule has 3 rings (SSSR count). The molecule has 1 aliphatic carbocycles. The first-order valence-corrected chi connectivity index (χ1v) is 11.4. The van der Waals surface area contributed by atoms with Crippen LogP contribution in [-0.2, 0) is 20.9 Å². The van der Waals surface area contributed by atoms with Crippen LogP contribution < -0.4 is 21.9 Å². The first kappa shape index (κ1) is 24.5. The maximum absolute atomic E-state index is 13.7. The van der Waals surface area contributed by atoms with Gasteiger partial charge in [-0.1, -0.05) is 39.8 Å². The molecular formula is C23H33N5O5. The molecule has 3 N–H and O–H groups in total. The van der Waals surface area contributed by atoms with Crippen molar-refractivity contribution >= 4 is 29.2 Å². The highest BCUT2D eigenvalue weighted by molar-refractivity contribution is 6.10. The lowest BCUT2D eigenvalue weighted by Crippen LogP contribution is -2.52. The minimum absolute atomic E-state index is 0.0535. The topological polar surface area (TPSA) is 139 Å². The molecule has 0 aromatic carbocycles. The number of amides is 3. The highest BCUT2D eigenvalue weighted by atomic mass is 16.2. The molecule has 0 spiro atoms. The number of nitrogens with zero attached hydrogens (tertiary/aromatic N) is 3. The highest BCUT2D eigenvalue weighted by Gasteiger charge is 2.50. The lowest BCUT2D eigenvalue weighted by molar-refractivity contribution is -0.146. The van der Waals surface area contributed by atoms with Crippen LogP contribution in [-0.4, -0.2) is 44.8 Å². The van der Waals surface area contributed by atoms with Gasteiger partial charge in [0.05, 0.1) is 11.8 Å². The largest absolute Gasteiger partial charge is 0.383 e. The zero-order chi connectivity index (χ0) is 24.6. The summed E-state index contributed by atoms with van der Waals surface area (Å²) in [5.74, 6) is -2.36. The average Bonchev–Trinajstić information content (AvgIpc) is 2.99. The summed E-state index contributed by atoms with van der Waals surface area (Å²) in [6.45, 7) is 9.40. The molecule has 0 unspecified atom stereocenters. The van der Waals surface area contributed by atoms with Gasteiger partial charge in [0, 0.05) is 13.1 Å². The van der Waals surface area contributed by atoms with Crippen molar-refractivity contribution in [2.24, 2.45) is 23.7 Å². The Morgan fingerprint density at radius 3 is 2.06 bits per heavy atom. The Morgan fingerprint density at radius 2 is 1.58 bits per heavy atom. The van der Waals surface area contributed by atoms with Gasteiger partial charge in [-0.25, -0.2) is 4.79 Å². The van der Waals surface area contributed by atoms with Crippen molar-refractivity contribution in [3.63, 3.8) is 0 Å². The number of aromatic nitrogens is 2. The highest BCUT2D eigenvalue weighted by Crippen LogP contribution is 2.36. The van der Waals surface area contributed by atoms with Gasteiger partial charge in [-0.2, -0.15) is 0 Å². The summed E-state index contributed by atoms with van der Waals surface area (Å²) in [6, 6.07) is -1.11. The number of H-pyrrole nitrogens is 1. The van der Waals surface area contributed by atoms with Crippen LogP contribution in [0.1, 0.15) is 47.5 Å². The summed E-state index contributed by atoms with van der Waals surface area (Å²) in [6.07, 6.45) is 4.70. The van der Waals surface area contributed by atoms with Gasteiger partial charge in [0.1, 0.15) is 11.9 Å². The van der Waals surface area contributed by atoms with Crippen molar-refractivity contribution in [3.8, 4) is 0 Å². The predicted molar refractivity (Wildman–Crippen MR) is 124 cm³/mol. The maximum atomic E-state index is 13.7. The van der Waals surface area contributed by atoms with Crippen LogP contribution in [0, 0.1) is 23.7 Å². The van der Waals surface area contributed by atoms with Crippen molar-refractivity contribution in [1.82, 2.24) is 14.5 Å². The predicted octanol–water partition coefficient (Wildman–Crippen LogP) is 1.10. The van der Waals surface area contributed by atoms with Crippen molar-refractivity contribution in [2.45, 2.75) is 60.0 Å². The zero-order valence-electron chi connectivity index (χ0n) is 19.8. The van der Waals surface area contributed by atoms with Gasteiger partial charge >= 0.3 is 5.69 Å². The molecule has 0 saturated carbocycles. The van der Waals surface area contributed by atoms with Crippen LogP contribution in [0.25, 0.3) is 0 Å². The Hall–Kier alpha value is -3.17. The molecule has 180 valence electrons. The lowest BCUT2D eigenvalue weighted by atomic mass is 9.85. The summed E-state index contributed by atoms with van der Waals surface area (Å²) in [5.41, 5.74) is 4.67. The quantitative estimate of drug-likeness (QED) is 0.462. The van der Waals surface area contributed by atoms with Crippen molar-refractivity contribution in [3.05, 3.63) is 33.0 Å². The van der Waals surface area contributed by atoms with Gasteiger partial charge in [0.15, 0.2) is 5.69 Å². The molecule has 1 aliphatic heterocycles. The van der Waals surface area contributed by atoms with E-state index in [1.807, 2.05) is 39.8 Å². The van der Waals surface area contributed by atoms with Crippen LogP contribution in [0.2, 0.25) is 0 Å². The minimum atomic E-state index is -1.11. The van der Waals surface area contributed by atoms with E-state index in [-0.39, 0.29) is 48.2 Å². The third-order valence-corrected chi connectivity index (χ3v) is 6.13. The zero-order valence-corrected chi connectivity index (χ0v) is 19.8. The molecular weight excluding hydrogens is 426 g/mol. The van der Waals surface area contributed by atoms with Gasteiger partial charge in [-0.15, -0.1) is 0 Å². The summed E-state index contributed by atoms with van der Waals surface area (Å²) in [4.78, 5) is 69.3. The van der Waals surface area contributed by atoms with E-state index in [2.05, 4.69) is 4.98 Å². The number of allylic oxidation sites excluding steroid dienone is 2. The molecule has 3 atom stereocenters. The average molecular weight is 460 g/mol. The number of nitrogens with two attached hydrogens (primary N) is 1. The first-order valence-electron chi connectivity index (χ1n) is 11.4. The van der Waals surface area contributed by atoms with E-state index in [9.17, 15) is 24.0 Å². The summed E-state index contributed by atoms with van der Waals surface area (Å²) in [5, 5.41) is 0. The third kappa shape index (κ3) is 4.51. The molecule has 1 aromatic heterocycles. The standard InChI is InChI=1S/C23H33N5O5/c1-12(2)10-26(17-18(24)27(11-13(3)4)23(33)25-19(17)29)20(30)14(5)28-21(31)15-8-6-7-9-16(15)22(28)32/h6-7,12-16H,8-11,24H2,1-5H3,(H,25,29,33)/t14-,15-,16+/m0/s1. The molecule has 2 heterocycles. The number of hydrogen-bond acceptors (Lipinski definition) is 6. The second-order valence-electron chi connectivity index (χ2n) is 9.72. The van der Waals surface area contributed by atoms with E-state index in [0.717, 1.165) is 4.90 Å². The Morgan fingerprint density at radius 1 is 1.03 bits per heavy atom. The molecule has 10 heteroatoms. The number of anilines is 2. The molecule has 1 fully saturated rings. The molecule has 2 aliphatic rings. The van der Waals surface area contributed by atoms with Gasteiger partial charge in [-0.05, 0) is 31.6 Å². The number of imide groups is 1. The fourth-order valence-corrected chi connectivity index (χ4v) is 4.58. The Bertz CT molecular complexity index is 1070. The second-order valence-corrected chi connectivity index (χ2v) is 9.72.